The number of nitrogens with one attached hydrogen (secondary N) is 1. The van der Waals surface area contributed by atoms with Crippen LogP contribution in [0.15, 0.2) is 49.1 Å². The Morgan fingerprint density at radius 1 is 1.13 bits per heavy atom. The third-order valence-corrected chi connectivity index (χ3v) is 4.93. The van der Waals surface area contributed by atoms with Crippen molar-refractivity contribution in [2.75, 3.05) is 29.9 Å². The van der Waals surface area contributed by atoms with Gasteiger partial charge in [-0.15, -0.1) is 0 Å². The summed E-state index contributed by atoms with van der Waals surface area (Å²) >= 11 is 0. The second-order valence-electron chi connectivity index (χ2n) is 6.27. The van der Waals surface area contributed by atoms with Crippen LogP contribution in [-0.4, -0.2) is 41.8 Å². The van der Waals surface area contributed by atoms with Crippen molar-refractivity contribution in [1.29, 1.82) is 0 Å². The van der Waals surface area contributed by atoms with Crippen molar-refractivity contribution in [2.24, 2.45) is 5.92 Å². The number of ether oxygens (including phenoxy) is 1. The van der Waals surface area contributed by atoms with Gasteiger partial charge in [0.2, 0.25) is 0 Å². The van der Waals surface area contributed by atoms with Crippen LogP contribution < -0.4 is 10.2 Å². The van der Waals surface area contributed by atoms with E-state index in [1.807, 2.05) is 30.7 Å². The van der Waals surface area contributed by atoms with E-state index >= 15 is 0 Å². The van der Waals surface area contributed by atoms with Crippen molar-refractivity contribution in [3.05, 3.63) is 49.1 Å². The molecule has 5 heteroatoms. The lowest BCUT2D eigenvalue weighted by molar-refractivity contribution is 0.00136. The smallest absolute Gasteiger partial charge is 0.0823 e. The monoisotopic (exact) mass is 310 g/mol. The first-order valence-electron chi connectivity index (χ1n) is 8.34. The molecular formula is C18H22N4O. The Labute approximate surface area is 136 Å². The largest absolute Gasteiger partial charge is 0.383 e. The molecule has 5 nitrogen and oxygen atoms in total. The molecule has 2 aromatic heterocycles. The summed E-state index contributed by atoms with van der Waals surface area (Å²) in [5.41, 5.74) is 2.29. The van der Waals surface area contributed by atoms with Gasteiger partial charge in [0.05, 0.1) is 36.3 Å². The summed E-state index contributed by atoms with van der Waals surface area (Å²) in [6.07, 6.45) is 10.1. The third kappa shape index (κ3) is 3.01. The quantitative estimate of drug-likeness (QED) is 0.940. The number of hydrogen-bond acceptors (Lipinski definition) is 5. The summed E-state index contributed by atoms with van der Waals surface area (Å²) < 4.78 is 6.14. The molecule has 1 N–H and O–H groups in total. The fourth-order valence-electron chi connectivity index (χ4n) is 3.84. The summed E-state index contributed by atoms with van der Waals surface area (Å²) in [6.45, 7) is 2.68. The molecule has 4 rings (SSSR count). The molecule has 2 fully saturated rings. The SMILES string of the molecule is c1cncc(NC[C@@H]2CC[C@@H]3[C@@H]2OCCN3c2cccnc2)c1. The van der Waals surface area contributed by atoms with Crippen LogP contribution in [0.5, 0.6) is 0 Å². The number of fused-ring (bicyclic) bond motifs is 1. The zero-order valence-electron chi connectivity index (χ0n) is 13.1. The highest BCUT2D eigenvalue weighted by Crippen LogP contribution is 2.36. The zero-order valence-corrected chi connectivity index (χ0v) is 13.1. The van der Waals surface area contributed by atoms with E-state index in [0.29, 0.717) is 18.1 Å². The lowest BCUT2D eigenvalue weighted by atomic mass is 10.0. The molecule has 1 aliphatic heterocycles. The van der Waals surface area contributed by atoms with E-state index < -0.39 is 0 Å². The Balaban J connectivity index is 1.43. The van der Waals surface area contributed by atoms with Crippen molar-refractivity contribution in [3.63, 3.8) is 0 Å². The fourth-order valence-corrected chi connectivity index (χ4v) is 3.84. The summed E-state index contributed by atoms with van der Waals surface area (Å²) in [7, 11) is 0. The number of rotatable bonds is 4. The van der Waals surface area contributed by atoms with Gasteiger partial charge in [0, 0.05) is 37.6 Å². The lowest BCUT2D eigenvalue weighted by Gasteiger charge is -2.40. The Morgan fingerprint density at radius 2 is 2.00 bits per heavy atom. The van der Waals surface area contributed by atoms with E-state index in [4.69, 9.17) is 4.74 Å². The van der Waals surface area contributed by atoms with Gasteiger partial charge in [0.1, 0.15) is 0 Å². The van der Waals surface area contributed by atoms with Crippen molar-refractivity contribution >= 4 is 11.4 Å². The standard InChI is InChI=1S/C18H22N4O/c1-3-15(12-19-7-1)21-11-14-5-6-17-18(14)23-10-9-22(17)16-4-2-8-20-13-16/h1-4,7-8,12-14,17-18,21H,5-6,9-11H2/t14-,17+,18+/m0/s1. The van der Waals surface area contributed by atoms with Gasteiger partial charge in [-0.3, -0.25) is 9.97 Å². The predicted octanol–water partition coefficient (Wildman–Crippen LogP) is 2.57. The van der Waals surface area contributed by atoms with Crippen LogP contribution in [-0.2, 0) is 4.74 Å². The minimum Gasteiger partial charge on any atom is -0.383 e. The van der Waals surface area contributed by atoms with E-state index in [2.05, 4.69) is 32.3 Å². The molecule has 0 amide bonds. The molecule has 1 aliphatic carbocycles. The molecule has 0 unspecified atom stereocenters. The van der Waals surface area contributed by atoms with Gasteiger partial charge < -0.3 is 15.0 Å². The van der Waals surface area contributed by atoms with E-state index in [0.717, 1.165) is 25.4 Å². The van der Waals surface area contributed by atoms with Gasteiger partial charge >= 0.3 is 0 Å². The number of nitrogens with zero attached hydrogens (tertiary/aromatic N) is 3. The molecule has 3 atom stereocenters. The minimum atomic E-state index is 0.299. The van der Waals surface area contributed by atoms with Crippen LogP contribution >= 0.6 is 0 Å². The maximum atomic E-state index is 6.14. The van der Waals surface area contributed by atoms with Gasteiger partial charge in [-0.05, 0) is 37.1 Å². The summed E-state index contributed by atoms with van der Waals surface area (Å²) in [6, 6.07) is 8.64. The Morgan fingerprint density at radius 3 is 2.78 bits per heavy atom. The van der Waals surface area contributed by atoms with Crippen LogP contribution in [0, 0.1) is 5.92 Å². The first-order valence-corrected chi connectivity index (χ1v) is 8.34. The molecular weight excluding hydrogens is 288 g/mol. The van der Waals surface area contributed by atoms with Gasteiger partial charge in [-0.1, -0.05) is 0 Å². The Bertz CT molecular complexity index is 621. The van der Waals surface area contributed by atoms with Crippen LogP contribution in [0.2, 0.25) is 0 Å². The Kier molecular flexibility index (Phi) is 4.11. The second-order valence-corrected chi connectivity index (χ2v) is 6.27. The average molecular weight is 310 g/mol. The van der Waals surface area contributed by atoms with Crippen molar-refractivity contribution < 1.29 is 4.74 Å². The van der Waals surface area contributed by atoms with Crippen LogP contribution in [0.25, 0.3) is 0 Å². The molecule has 0 bridgehead atoms. The number of hydrogen-bond donors (Lipinski definition) is 1. The summed E-state index contributed by atoms with van der Waals surface area (Å²) in [4.78, 5) is 10.9. The Hall–Kier alpha value is -2.14. The average Bonchev–Trinajstić information content (AvgIpc) is 3.05. The number of morpholine rings is 1. The zero-order chi connectivity index (χ0) is 15.5. The highest BCUT2D eigenvalue weighted by atomic mass is 16.5. The molecule has 0 aromatic carbocycles. The topological polar surface area (TPSA) is 50.3 Å². The van der Waals surface area contributed by atoms with E-state index in [1.54, 1.807) is 6.20 Å². The molecule has 23 heavy (non-hydrogen) atoms. The minimum absolute atomic E-state index is 0.299. The first-order chi connectivity index (χ1) is 11.4. The van der Waals surface area contributed by atoms with Gasteiger partial charge in [-0.2, -0.15) is 0 Å². The predicted molar refractivity (Wildman–Crippen MR) is 90.6 cm³/mol. The molecule has 3 heterocycles. The fraction of sp³-hybridized carbons (Fsp3) is 0.444. The highest BCUT2D eigenvalue weighted by molar-refractivity contribution is 5.46. The van der Waals surface area contributed by atoms with Crippen LogP contribution in [0.4, 0.5) is 11.4 Å². The maximum Gasteiger partial charge on any atom is 0.0823 e. The number of pyridine rings is 2. The van der Waals surface area contributed by atoms with Gasteiger partial charge in [-0.25, -0.2) is 0 Å². The molecule has 2 aromatic rings. The van der Waals surface area contributed by atoms with Gasteiger partial charge in [0.15, 0.2) is 0 Å². The molecule has 120 valence electrons. The first kappa shape index (κ1) is 14.5. The van der Waals surface area contributed by atoms with Crippen molar-refractivity contribution in [3.8, 4) is 0 Å². The third-order valence-electron chi connectivity index (χ3n) is 4.93. The molecule has 2 aliphatic rings. The molecule has 1 saturated carbocycles. The number of aromatic nitrogens is 2. The second kappa shape index (κ2) is 6.54. The van der Waals surface area contributed by atoms with E-state index in [9.17, 15) is 0 Å². The summed E-state index contributed by atoms with van der Waals surface area (Å²) in [5.74, 6) is 0.541. The van der Waals surface area contributed by atoms with Crippen LogP contribution in [0.3, 0.4) is 0 Å². The van der Waals surface area contributed by atoms with Crippen molar-refractivity contribution in [1.82, 2.24) is 9.97 Å². The highest BCUT2D eigenvalue weighted by Gasteiger charge is 2.42. The maximum absolute atomic E-state index is 6.14. The normalized spacial score (nSPS) is 26.8. The molecule has 0 spiro atoms. The van der Waals surface area contributed by atoms with E-state index in [1.165, 1.54) is 18.5 Å². The van der Waals surface area contributed by atoms with E-state index in [-0.39, 0.29) is 0 Å². The molecule has 1 saturated heterocycles. The lowest BCUT2D eigenvalue weighted by Crippen LogP contribution is -2.51. The van der Waals surface area contributed by atoms with Crippen molar-refractivity contribution in [2.45, 2.75) is 25.0 Å². The molecule has 0 radical (unpaired) electrons. The summed E-state index contributed by atoms with van der Waals surface area (Å²) in [5, 5.41) is 3.50. The number of anilines is 2. The van der Waals surface area contributed by atoms with Crippen LogP contribution in [0.1, 0.15) is 12.8 Å². The van der Waals surface area contributed by atoms with Gasteiger partial charge in [0.25, 0.3) is 0 Å².